The van der Waals surface area contributed by atoms with E-state index in [1.807, 2.05) is 0 Å². The molecular formula is C17H16N4O3S. The van der Waals surface area contributed by atoms with Crippen molar-refractivity contribution < 1.29 is 14.7 Å². The van der Waals surface area contributed by atoms with Gasteiger partial charge in [-0.1, -0.05) is 11.8 Å². The molecule has 0 saturated carbocycles. The second kappa shape index (κ2) is 6.55. The zero-order valence-electron chi connectivity index (χ0n) is 13.4. The summed E-state index contributed by atoms with van der Waals surface area (Å²) in [5, 5.41) is 14.7. The number of nitrogens with one attached hydrogen (secondary N) is 1. The van der Waals surface area contributed by atoms with Crippen molar-refractivity contribution >= 4 is 34.5 Å². The second-order valence-electron chi connectivity index (χ2n) is 5.76. The van der Waals surface area contributed by atoms with Crippen LogP contribution < -0.4 is 11.1 Å². The lowest BCUT2D eigenvalue weighted by Gasteiger charge is -2.13. The molecule has 2 amide bonds. The molecule has 1 aromatic heterocycles. The first-order valence-corrected chi connectivity index (χ1v) is 8.43. The minimum Gasteiger partial charge on any atom is -0.399 e. The third-order valence-electron chi connectivity index (χ3n) is 3.80. The Hall–Kier alpha value is -2.89. The van der Waals surface area contributed by atoms with E-state index in [9.17, 15) is 14.7 Å². The smallest absolute Gasteiger partial charge is 0.275 e. The molecule has 1 atom stereocenters. The summed E-state index contributed by atoms with van der Waals surface area (Å²) in [6.45, 7) is 0.454. The Morgan fingerprint density at radius 1 is 1.48 bits per heavy atom. The van der Waals surface area contributed by atoms with Crippen molar-refractivity contribution in [2.24, 2.45) is 0 Å². The van der Waals surface area contributed by atoms with Gasteiger partial charge in [-0.2, -0.15) is 0 Å². The van der Waals surface area contributed by atoms with Gasteiger partial charge in [0.1, 0.15) is 5.69 Å². The fraction of sp³-hybridized carbons (Fsp3) is 0.235. The van der Waals surface area contributed by atoms with Gasteiger partial charge in [-0.3, -0.25) is 9.59 Å². The van der Waals surface area contributed by atoms with E-state index in [2.05, 4.69) is 22.1 Å². The highest BCUT2D eigenvalue weighted by Gasteiger charge is 2.42. The van der Waals surface area contributed by atoms with Crippen molar-refractivity contribution in [3.63, 3.8) is 0 Å². The Balaban J connectivity index is 1.82. The molecular weight excluding hydrogens is 340 g/mol. The standard InChI is InChI=1S/C17H16N4O3S/c1-21-5-4-17(24,16(21)23)3-2-11-6-12(18)8-13(7-11)20-15(22)14-9-25-10-19-14/h6-10,24H,4-5,18H2,1H3,(H,20,22)/t17-/m0/s1. The number of likely N-dealkylation sites (N-methyl/N-ethyl adjacent to an activating group) is 1. The third-order valence-corrected chi connectivity index (χ3v) is 4.39. The fourth-order valence-corrected chi connectivity index (χ4v) is 2.99. The van der Waals surface area contributed by atoms with Crippen LogP contribution in [0.1, 0.15) is 22.5 Å². The molecule has 128 valence electrons. The topological polar surface area (TPSA) is 109 Å². The maximum atomic E-state index is 12.1. The highest BCUT2D eigenvalue weighted by atomic mass is 32.1. The largest absolute Gasteiger partial charge is 0.399 e. The van der Waals surface area contributed by atoms with E-state index in [0.717, 1.165) is 0 Å². The number of nitrogen functional groups attached to an aromatic ring is 1. The summed E-state index contributed by atoms with van der Waals surface area (Å²) >= 11 is 1.32. The van der Waals surface area contributed by atoms with Crippen LogP contribution in [0, 0.1) is 11.8 Å². The highest BCUT2D eigenvalue weighted by molar-refractivity contribution is 7.07. The van der Waals surface area contributed by atoms with Crippen molar-refractivity contribution in [2.75, 3.05) is 24.6 Å². The molecule has 1 aliphatic heterocycles. The number of carbonyl (C=O) groups excluding carboxylic acids is 2. The molecule has 0 bridgehead atoms. The molecule has 0 aliphatic carbocycles. The number of thiazole rings is 1. The molecule has 1 saturated heterocycles. The van der Waals surface area contributed by atoms with Gasteiger partial charge in [0, 0.05) is 42.3 Å². The van der Waals surface area contributed by atoms with Crippen LogP contribution in [-0.2, 0) is 4.79 Å². The summed E-state index contributed by atoms with van der Waals surface area (Å²) in [6.07, 6.45) is 0.255. The number of hydrogen-bond acceptors (Lipinski definition) is 6. The van der Waals surface area contributed by atoms with Crippen LogP contribution >= 0.6 is 11.3 Å². The maximum absolute atomic E-state index is 12.1. The zero-order chi connectivity index (χ0) is 18.0. The number of nitrogens with zero attached hydrogens (tertiary/aromatic N) is 2. The van der Waals surface area contributed by atoms with E-state index >= 15 is 0 Å². The van der Waals surface area contributed by atoms with Gasteiger partial charge in [0.25, 0.3) is 11.8 Å². The molecule has 0 spiro atoms. The van der Waals surface area contributed by atoms with E-state index < -0.39 is 11.5 Å². The second-order valence-corrected chi connectivity index (χ2v) is 6.48. The van der Waals surface area contributed by atoms with Crippen molar-refractivity contribution in [1.82, 2.24) is 9.88 Å². The van der Waals surface area contributed by atoms with Gasteiger partial charge in [-0.25, -0.2) is 4.98 Å². The molecule has 1 aromatic carbocycles. The maximum Gasteiger partial charge on any atom is 0.275 e. The average molecular weight is 356 g/mol. The fourth-order valence-electron chi connectivity index (χ4n) is 2.46. The molecule has 25 heavy (non-hydrogen) atoms. The SMILES string of the molecule is CN1CC[C@@](O)(C#Cc2cc(N)cc(NC(=O)c3cscn3)c2)C1=O. The summed E-state index contributed by atoms with van der Waals surface area (Å²) in [5.41, 5.74) is 7.41. The first-order chi connectivity index (χ1) is 11.9. The van der Waals surface area contributed by atoms with Crippen LogP contribution in [0.3, 0.4) is 0 Å². The number of rotatable bonds is 2. The zero-order valence-corrected chi connectivity index (χ0v) is 14.3. The summed E-state index contributed by atoms with van der Waals surface area (Å²) in [6, 6.07) is 4.83. The summed E-state index contributed by atoms with van der Waals surface area (Å²) in [5.74, 6) is 4.63. The number of benzene rings is 1. The van der Waals surface area contributed by atoms with Gasteiger partial charge in [0.05, 0.1) is 5.51 Å². The Morgan fingerprint density at radius 2 is 2.28 bits per heavy atom. The number of aromatic nitrogens is 1. The van der Waals surface area contributed by atoms with Crippen LogP contribution in [0.25, 0.3) is 0 Å². The quantitative estimate of drug-likeness (QED) is 0.548. The Bertz CT molecular complexity index is 885. The van der Waals surface area contributed by atoms with Gasteiger partial charge in [0.15, 0.2) is 0 Å². The molecule has 2 heterocycles. The van der Waals surface area contributed by atoms with Crippen LogP contribution in [0.4, 0.5) is 11.4 Å². The Labute approximate surface area is 148 Å². The van der Waals surface area contributed by atoms with Crippen molar-refractivity contribution in [1.29, 1.82) is 0 Å². The summed E-state index contributed by atoms with van der Waals surface area (Å²) in [7, 11) is 1.62. The normalized spacial score (nSPS) is 19.4. The number of anilines is 2. The lowest BCUT2D eigenvalue weighted by molar-refractivity contribution is -0.137. The van der Waals surface area contributed by atoms with Crippen LogP contribution in [0.5, 0.6) is 0 Å². The first-order valence-electron chi connectivity index (χ1n) is 7.49. The van der Waals surface area contributed by atoms with Crippen LogP contribution in [0.15, 0.2) is 29.1 Å². The lowest BCUT2D eigenvalue weighted by Crippen LogP contribution is -2.37. The van der Waals surface area contributed by atoms with E-state index in [1.165, 1.54) is 16.2 Å². The summed E-state index contributed by atoms with van der Waals surface area (Å²) < 4.78 is 0. The van der Waals surface area contributed by atoms with Gasteiger partial charge >= 0.3 is 0 Å². The average Bonchev–Trinajstić information content (AvgIpc) is 3.18. The van der Waals surface area contributed by atoms with Crippen LogP contribution in [-0.4, -0.2) is 46.0 Å². The third kappa shape index (κ3) is 3.63. The minimum absolute atomic E-state index is 0.255. The number of amides is 2. The van der Waals surface area contributed by atoms with Crippen molar-refractivity contribution in [3.8, 4) is 11.8 Å². The molecule has 1 fully saturated rings. The molecule has 4 N–H and O–H groups in total. The van der Waals surface area contributed by atoms with E-state index in [4.69, 9.17) is 5.73 Å². The number of hydrogen-bond donors (Lipinski definition) is 3. The van der Waals surface area contributed by atoms with Gasteiger partial charge in [-0.05, 0) is 18.2 Å². The molecule has 1 aliphatic rings. The van der Waals surface area contributed by atoms with Crippen molar-refractivity contribution in [2.45, 2.75) is 12.0 Å². The molecule has 2 aromatic rings. The van der Waals surface area contributed by atoms with Crippen LogP contribution in [0.2, 0.25) is 0 Å². The Kier molecular flexibility index (Phi) is 4.44. The Morgan fingerprint density at radius 3 is 2.92 bits per heavy atom. The van der Waals surface area contributed by atoms with Crippen molar-refractivity contribution in [3.05, 3.63) is 40.3 Å². The van der Waals surface area contributed by atoms with Gasteiger partial charge in [0.2, 0.25) is 5.60 Å². The summed E-state index contributed by atoms with van der Waals surface area (Å²) in [4.78, 5) is 29.4. The van der Waals surface area contributed by atoms with Gasteiger partial charge in [-0.15, -0.1) is 11.3 Å². The number of carbonyl (C=O) groups is 2. The number of aliphatic hydroxyl groups is 1. The molecule has 8 heteroatoms. The molecule has 0 radical (unpaired) electrons. The lowest BCUT2D eigenvalue weighted by atomic mass is 10.0. The molecule has 0 unspecified atom stereocenters. The van der Waals surface area contributed by atoms with E-state index in [0.29, 0.717) is 29.2 Å². The minimum atomic E-state index is -1.68. The molecule has 3 rings (SSSR count). The predicted octanol–water partition coefficient (Wildman–Crippen LogP) is 0.922. The van der Waals surface area contributed by atoms with E-state index in [1.54, 1.807) is 36.1 Å². The number of nitrogens with two attached hydrogens (primary N) is 1. The van der Waals surface area contributed by atoms with Gasteiger partial charge < -0.3 is 21.1 Å². The molecule has 7 nitrogen and oxygen atoms in total. The monoisotopic (exact) mass is 356 g/mol. The number of likely N-dealkylation sites (tertiary alicyclic amines) is 1. The van der Waals surface area contributed by atoms with E-state index in [-0.39, 0.29) is 12.3 Å². The highest BCUT2D eigenvalue weighted by Crippen LogP contribution is 2.22. The predicted molar refractivity (Wildman–Crippen MR) is 95.0 cm³/mol. The first kappa shape index (κ1) is 17.0.